The van der Waals surface area contributed by atoms with Gasteiger partial charge in [-0.25, -0.2) is 0 Å². The van der Waals surface area contributed by atoms with E-state index in [-0.39, 0.29) is 24.9 Å². The molecule has 0 saturated carbocycles. The van der Waals surface area contributed by atoms with Crippen LogP contribution in [-0.4, -0.2) is 45.8 Å². The van der Waals surface area contributed by atoms with E-state index in [1.165, 1.54) is 4.90 Å². The summed E-state index contributed by atoms with van der Waals surface area (Å²) >= 11 is 0. The van der Waals surface area contributed by atoms with E-state index in [4.69, 9.17) is 4.52 Å². The number of hydrogen-bond acceptors (Lipinski definition) is 6. The van der Waals surface area contributed by atoms with E-state index in [9.17, 15) is 14.7 Å². The van der Waals surface area contributed by atoms with Crippen molar-refractivity contribution in [3.05, 3.63) is 42.0 Å². The molecule has 2 amide bonds. The molecule has 1 aliphatic rings. The molecule has 8 heteroatoms. The number of carbonyl (C=O) groups is 2. The third kappa shape index (κ3) is 3.85. The molecule has 0 bridgehead atoms. The van der Waals surface area contributed by atoms with E-state index in [2.05, 4.69) is 15.5 Å². The Labute approximate surface area is 157 Å². The minimum absolute atomic E-state index is 0.0429. The summed E-state index contributed by atoms with van der Waals surface area (Å²) in [6, 6.07) is 8.98. The number of para-hydroxylation sites is 1. The fourth-order valence-electron chi connectivity index (χ4n) is 2.86. The summed E-state index contributed by atoms with van der Waals surface area (Å²) in [5.41, 5.74) is -1.62. The third-order valence-corrected chi connectivity index (χ3v) is 4.50. The van der Waals surface area contributed by atoms with Crippen molar-refractivity contribution in [3.63, 3.8) is 0 Å². The van der Waals surface area contributed by atoms with Gasteiger partial charge in [-0.1, -0.05) is 44.1 Å². The van der Waals surface area contributed by atoms with Crippen LogP contribution in [0.5, 0.6) is 0 Å². The number of rotatable bonds is 5. The quantitative estimate of drug-likeness (QED) is 0.764. The number of amides is 2. The molecule has 0 radical (unpaired) electrons. The molecule has 1 saturated heterocycles. The maximum Gasteiger partial charge on any atom is 0.268 e. The molecule has 1 fully saturated rings. The van der Waals surface area contributed by atoms with Crippen molar-refractivity contribution >= 4 is 17.5 Å². The number of benzene rings is 1. The number of nitrogens with zero attached hydrogens (tertiary/aromatic N) is 3. The van der Waals surface area contributed by atoms with Crippen LogP contribution in [0.1, 0.15) is 38.9 Å². The molecule has 27 heavy (non-hydrogen) atoms. The Bertz CT molecular complexity index is 828. The average molecular weight is 372 g/mol. The molecular formula is C19H24N4O4. The normalized spacial score (nSPS) is 20.1. The largest absolute Gasteiger partial charge is 0.372 e. The molecule has 144 valence electrons. The molecule has 0 spiro atoms. The van der Waals surface area contributed by atoms with Crippen molar-refractivity contribution in [2.45, 2.75) is 44.6 Å². The summed E-state index contributed by atoms with van der Waals surface area (Å²) in [4.78, 5) is 30.7. The summed E-state index contributed by atoms with van der Waals surface area (Å²) in [5.74, 6) is -0.330. The number of aromatic nitrogens is 2. The van der Waals surface area contributed by atoms with Gasteiger partial charge in [0.25, 0.3) is 11.8 Å². The van der Waals surface area contributed by atoms with Crippen molar-refractivity contribution in [1.29, 1.82) is 0 Å². The van der Waals surface area contributed by atoms with E-state index in [1.54, 1.807) is 24.3 Å². The van der Waals surface area contributed by atoms with Crippen LogP contribution in [0, 0.1) is 0 Å². The van der Waals surface area contributed by atoms with Gasteiger partial charge in [0.15, 0.2) is 5.82 Å². The van der Waals surface area contributed by atoms with E-state index >= 15 is 0 Å². The zero-order chi connectivity index (χ0) is 19.7. The van der Waals surface area contributed by atoms with Crippen LogP contribution in [0.25, 0.3) is 0 Å². The predicted octanol–water partition coefficient (Wildman–Crippen LogP) is 1.19. The van der Waals surface area contributed by atoms with Crippen molar-refractivity contribution < 1.29 is 19.2 Å². The van der Waals surface area contributed by atoms with Gasteiger partial charge >= 0.3 is 0 Å². The van der Waals surface area contributed by atoms with Crippen molar-refractivity contribution in [1.82, 2.24) is 15.5 Å². The highest BCUT2D eigenvalue weighted by atomic mass is 16.5. The summed E-state index contributed by atoms with van der Waals surface area (Å²) in [6.45, 7) is 6.40. The van der Waals surface area contributed by atoms with Gasteiger partial charge in [0.1, 0.15) is 0 Å². The first kappa shape index (κ1) is 19.0. The first-order valence-electron chi connectivity index (χ1n) is 8.92. The number of aliphatic hydroxyl groups is 1. The Balaban J connectivity index is 1.58. The zero-order valence-electron chi connectivity index (χ0n) is 15.7. The number of anilines is 1. The molecule has 2 aromatic rings. The molecule has 1 aromatic heterocycles. The van der Waals surface area contributed by atoms with Crippen molar-refractivity contribution in [2.24, 2.45) is 0 Å². The summed E-state index contributed by atoms with van der Waals surface area (Å²) in [5, 5.41) is 17.1. The fourth-order valence-corrected chi connectivity index (χ4v) is 2.86. The van der Waals surface area contributed by atoms with Crippen LogP contribution < -0.4 is 10.2 Å². The van der Waals surface area contributed by atoms with E-state index in [1.807, 2.05) is 26.8 Å². The molecule has 8 nitrogen and oxygen atoms in total. The number of nitrogens with one attached hydrogen (secondary N) is 1. The van der Waals surface area contributed by atoms with Gasteiger partial charge in [0.05, 0.1) is 0 Å². The first-order valence-corrected chi connectivity index (χ1v) is 8.92. The second-order valence-corrected chi connectivity index (χ2v) is 7.67. The van der Waals surface area contributed by atoms with Gasteiger partial charge in [-0.3, -0.25) is 9.59 Å². The molecule has 1 aliphatic heterocycles. The molecule has 1 atom stereocenters. The average Bonchev–Trinajstić information content (AvgIpc) is 3.22. The second kappa shape index (κ2) is 7.11. The Hall–Kier alpha value is -2.74. The SMILES string of the molecule is CC(C)(C)c1noc(CCNC(=O)C2(O)CCN(c3ccccc3)C2=O)n1. The van der Waals surface area contributed by atoms with E-state index in [0.29, 0.717) is 23.8 Å². The van der Waals surface area contributed by atoms with Gasteiger partial charge in [-0.2, -0.15) is 4.98 Å². The van der Waals surface area contributed by atoms with Gasteiger partial charge in [-0.15, -0.1) is 0 Å². The molecule has 2 N–H and O–H groups in total. The Morgan fingerprint density at radius 1 is 1.33 bits per heavy atom. The second-order valence-electron chi connectivity index (χ2n) is 7.67. The molecule has 1 unspecified atom stereocenters. The van der Waals surface area contributed by atoms with Crippen molar-refractivity contribution in [2.75, 3.05) is 18.0 Å². The highest BCUT2D eigenvalue weighted by Gasteiger charge is 2.51. The third-order valence-electron chi connectivity index (χ3n) is 4.50. The highest BCUT2D eigenvalue weighted by Crippen LogP contribution is 2.28. The lowest BCUT2D eigenvalue weighted by Gasteiger charge is -2.21. The summed E-state index contributed by atoms with van der Waals surface area (Å²) in [6.07, 6.45) is 0.364. The lowest BCUT2D eigenvalue weighted by Crippen LogP contribution is -2.52. The Morgan fingerprint density at radius 2 is 2.04 bits per heavy atom. The maximum atomic E-state index is 12.6. The van der Waals surface area contributed by atoms with Crippen LogP contribution >= 0.6 is 0 Å². The van der Waals surface area contributed by atoms with E-state index in [0.717, 1.165) is 0 Å². The van der Waals surface area contributed by atoms with Crippen molar-refractivity contribution in [3.8, 4) is 0 Å². The Kier molecular flexibility index (Phi) is 5.01. The van der Waals surface area contributed by atoms with Crippen LogP contribution in [0.2, 0.25) is 0 Å². The minimum Gasteiger partial charge on any atom is -0.372 e. The highest BCUT2D eigenvalue weighted by molar-refractivity contribution is 6.16. The smallest absolute Gasteiger partial charge is 0.268 e. The summed E-state index contributed by atoms with van der Waals surface area (Å²) in [7, 11) is 0. The van der Waals surface area contributed by atoms with Gasteiger partial charge in [0, 0.05) is 37.0 Å². The lowest BCUT2D eigenvalue weighted by molar-refractivity contribution is -0.149. The first-order chi connectivity index (χ1) is 12.7. The van der Waals surface area contributed by atoms with Crippen LogP contribution in [-0.2, 0) is 21.4 Å². The minimum atomic E-state index is -2.05. The molecule has 1 aromatic carbocycles. The number of hydrogen-bond donors (Lipinski definition) is 2. The van der Waals surface area contributed by atoms with Gasteiger partial charge in [-0.05, 0) is 12.1 Å². The maximum absolute atomic E-state index is 12.6. The topological polar surface area (TPSA) is 109 Å². The fraction of sp³-hybridized carbons (Fsp3) is 0.474. The van der Waals surface area contributed by atoms with Gasteiger partial charge < -0.3 is 19.8 Å². The Morgan fingerprint density at radius 3 is 2.67 bits per heavy atom. The zero-order valence-corrected chi connectivity index (χ0v) is 15.7. The summed E-state index contributed by atoms with van der Waals surface area (Å²) < 4.78 is 5.17. The van der Waals surface area contributed by atoms with E-state index < -0.39 is 17.4 Å². The van der Waals surface area contributed by atoms with Crippen LogP contribution in [0.4, 0.5) is 5.69 Å². The molecular weight excluding hydrogens is 348 g/mol. The standard InChI is InChI=1S/C19H24N4O4/c1-18(2,3)15-21-14(27-22-15)9-11-20-16(24)19(26)10-12-23(17(19)25)13-7-5-4-6-8-13/h4-8,26H,9-12H2,1-3H3,(H,20,24). The lowest BCUT2D eigenvalue weighted by atomic mass is 9.96. The number of carbonyl (C=O) groups excluding carboxylic acids is 2. The predicted molar refractivity (Wildman–Crippen MR) is 98.1 cm³/mol. The van der Waals surface area contributed by atoms with Crippen LogP contribution in [0.15, 0.2) is 34.9 Å². The molecule has 2 heterocycles. The van der Waals surface area contributed by atoms with Crippen LogP contribution in [0.3, 0.4) is 0 Å². The monoisotopic (exact) mass is 372 g/mol. The molecule has 0 aliphatic carbocycles. The van der Waals surface area contributed by atoms with Gasteiger partial charge in [0.2, 0.25) is 11.5 Å². The molecule has 3 rings (SSSR count).